The number of nitrogens with one attached hydrogen (secondary N) is 2. The lowest BCUT2D eigenvalue weighted by Gasteiger charge is -2.20. The molecule has 8 nitrogen and oxygen atoms in total. The summed E-state index contributed by atoms with van der Waals surface area (Å²) >= 11 is 0. The Kier molecular flexibility index (Phi) is 5.90. The van der Waals surface area contributed by atoms with E-state index in [1.165, 1.54) is 6.92 Å². The fourth-order valence-corrected chi connectivity index (χ4v) is 4.17. The molecule has 2 amide bonds. The predicted molar refractivity (Wildman–Crippen MR) is 112 cm³/mol. The van der Waals surface area contributed by atoms with E-state index in [9.17, 15) is 14.4 Å². The zero-order valence-electron chi connectivity index (χ0n) is 17.0. The Bertz CT molecular complexity index is 962. The molecule has 0 aromatic heterocycles. The van der Waals surface area contributed by atoms with Crippen molar-refractivity contribution >= 4 is 18.0 Å². The number of rotatable bonds is 6. The van der Waals surface area contributed by atoms with Crippen LogP contribution in [0.25, 0.3) is 11.1 Å². The number of hydrogen-bond donors (Lipinski definition) is 3. The fourth-order valence-electron chi connectivity index (χ4n) is 4.17. The molecule has 1 heterocycles. The second kappa shape index (κ2) is 8.77. The number of ether oxygens (including phenoxy) is 2. The van der Waals surface area contributed by atoms with E-state index in [1.807, 2.05) is 36.4 Å². The van der Waals surface area contributed by atoms with E-state index in [0.717, 1.165) is 22.3 Å². The normalized spacial score (nSPS) is 20.4. The maximum atomic E-state index is 12.4. The summed E-state index contributed by atoms with van der Waals surface area (Å²) in [6.07, 6.45) is -1.38. The van der Waals surface area contributed by atoms with Gasteiger partial charge in [0, 0.05) is 12.5 Å². The Morgan fingerprint density at radius 2 is 1.71 bits per heavy atom. The van der Waals surface area contributed by atoms with Crippen LogP contribution in [0, 0.1) is 0 Å². The highest BCUT2D eigenvalue weighted by atomic mass is 16.5. The molecule has 1 aliphatic carbocycles. The third-order valence-electron chi connectivity index (χ3n) is 5.73. The minimum atomic E-state index is -1.13. The highest BCUT2D eigenvalue weighted by Crippen LogP contribution is 2.44. The number of fused-ring (bicyclic) bond motifs is 3. The standard InChI is InChI=1S/C23H24N2O6/c1-13(21(26)25-19-10-11-30-20(19)22(27)28)24-23(29)31-12-18-16-8-4-2-6-14(16)15-7-3-5-9-17(15)18/h2-9,13,18-20H,10-12H2,1H3,(H,24,29)(H,25,26)(H,27,28)/t13-,19-,20+/m0/s1. The smallest absolute Gasteiger partial charge is 0.407 e. The Morgan fingerprint density at radius 3 is 2.32 bits per heavy atom. The first-order valence-corrected chi connectivity index (χ1v) is 10.2. The number of aliphatic carboxylic acids is 1. The average Bonchev–Trinajstić information content (AvgIpc) is 3.35. The van der Waals surface area contributed by atoms with E-state index in [1.54, 1.807) is 0 Å². The van der Waals surface area contributed by atoms with Gasteiger partial charge in [0.2, 0.25) is 5.91 Å². The molecule has 2 aromatic carbocycles. The first-order chi connectivity index (χ1) is 15.0. The van der Waals surface area contributed by atoms with Gasteiger partial charge in [-0.25, -0.2) is 9.59 Å². The number of benzene rings is 2. The molecular weight excluding hydrogens is 400 g/mol. The van der Waals surface area contributed by atoms with Crippen LogP contribution in [0.4, 0.5) is 4.79 Å². The fraction of sp³-hybridized carbons (Fsp3) is 0.348. The van der Waals surface area contributed by atoms with Crippen molar-refractivity contribution in [2.45, 2.75) is 37.5 Å². The molecule has 1 aliphatic heterocycles. The van der Waals surface area contributed by atoms with Gasteiger partial charge in [-0.1, -0.05) is 48.5 Å². The summed E-state index contributed by atoms with van der Waals surface area (Å²) in [5.74, 6) is -1.69. The van der Waals surface area contributed by atoms with E-state index in [0.29, 0.717) is 6.42 Å². The van der Waals surface area contributed by atoms with E-state index in [-0.39, 0.29) is 19.1 Å². The van der Waals surface area contributed by atoms with Crippen molar-refractivity contribution in [1.29, 1.82) is 0 Å². The number of carboxylic acids is 1. The molecule has 1 saturated heterocycles. The van der Waals surface area contributed by atoms with Gasteiger partial charge in [0.25, 0.3) is 0 Å². The zero-order valence-corrected chi connectivity index (χ0v) is 17.0. The summed E-state index contributed by atoms with van der Waals surface area (Å²) in [7, 11) is 0. The molecular formula is C23H24N2O6. The Morgan fingerprint density at radius 1 is 1.10 bits per heavy atom. The minimum absolute atomic E-state index is 0.0748. The van der Waals surface area contributed by atoms with Gasteiger partial charge in [-0.15, -0.1) is 0 Å². The van der Waals surface area contributed by atoms with Crippen LogP contribution in [-0.2, 0) is 19.1 Å². The van der Waals surface area contributed by atoms with Gasteiger partial charge in [0.1, 0.15) is 12.6 Å². The first kappa shape index (κ1) is 20.9. The van der Waals surface area contributed by atoms with Crippen LogP contribution in [0.3, 0.4) is 0 Å². The quantitative estimate of drug-likeness (QED) is 0.656. The van der Waals surface area contributed by atoms with E-state index < -0.39 is 36.2 Å². The third-order valence-corrected chi connectivity index (χ3v) is 5.73. The van der Waals surface area contributed by atoms with Crippen LogP contribution in [0.2, 0.25) is 0 Å². The number of amides is 2. The van der Waals surface area contributed by atoms with E-state index in [4.69, 9.17) is 14.6 Å². The summed E-state index contributed by atoms with van der Waals surface area (Å²) in [4.78, 5) is 35.8. The number of carboxylic acid groups (broad SMARTS) is 1. The highest BCUT2D eigenvalue weighted by Gasteiger charge is 2.36. The molecule has 1 fully saturated rings. The van der Waals surface area contributed by atoms with Crippen molar-refractivity contribution in [3.8, 4) is 11.1 Å². The molecule has 0 bridgehead atoms. The monoisotopic (exact) mass is 424 g/mol. The number of carbonyl (C=O) groups is 3. The van der Waals surface area contributed by atoms with Crippen LogP contribution in [0.5, 0.6) is 0 Å². The lowest BCUT2D eigenvalue weighted by Crippen LogP contribution is -2.51. The third kappa shape index (κ3) is 4.25. The van der Waals surface area contributed by atoms with Crippen LogP contribution < -0.4 is 10.6 Å². The first-order valence-electron chi connectivity index (χ1n) is 10.2. The van der Waals surface area contributed by atoms with Crippen molar-refractivity contribution in [3.63, 3.8) is 0 Å². The average molecular weight is 424 g/mol. The molecule has 0 radical (unpaired) electrons. The van der Waals surface area contributed by atoms with Crippen LogP contribution in [0.1, 0.15) is 30.4 Å². The van der Waals surface area contributed by atoms with Gasteiger partial charge in [-0.05, 0) is 35.6 Å². The van der Waals surface area contributed by atoms with E-state index in [2.05, 4.69) is 22.8 Å². The predicted octanol–water partition coefficient (Wildman–Crippen LogP) is 2.27. The molecule has 3 N–H and O–H groups in total. The second-order valence-corrected chi connectivity index (χ2v) is 7.72. The molecule has 0 saturated carbocycles. The van der Waals surface area contributed by atoms with Gasteiger partial charge in [-0.2, -0.15) is 0 Å². The Balaban J connectivity index is 1.33. The maximum Gasteiger partial charge on any atom is 0.407 e. The number of alkyl carbamates (subject to hydrolysis) is 1. The van der Waals surface area contributed by atoms with E-state index >= 15 is 0 Å². The summed E-state index contributed by atoms with van der Waals surface area (Å²) in [5.41, 5.74) is 4.46. The summed E-state index contributed by atoms with van der Waals surface area (Å²) in [6.45, 7) is 1.92. The molecule has 31 heavy (non-hydrogen) atoms. The number of hydrogen-bond acceptors (Lipinski definition) is 5. The summed E-state index contributed by atoms with van der Waals surface area (Å²) in [6, 6.07) is 14.5. The Labute approximate surface area is 179 Å². The van der Waals surface area contributed by atoms with Crippen LogP contribution >= 0.6 is 0 Å². The lowest BCUT2D eigenvalue weighted by atomic mass is 9.98. The molecule has 0 spiro atoms. The van der Waals surface area contributed by atoms with Gasteiger partial charge in [0.05, 0.1) is 6.04 Å². The molecule has 3 atom stereocenters. The van der Waals surface area contributed by atoms with Gasteiger partial charge in [0.15, 0.2) is 6.10 Å². The van der Waals surface area contributed by atoms with Gasteiger partial charge < -0.3 is 25.2 Å². The topological polar surface area (TPSA) is 114 Å². The minimum Gasteiger partial charge on any atom is -0.479 e. The molecule has 2 aromatic rings. The van der Waals surface area contributed by atoms with Gasteiger partial charge >= 0.3 is 12.1 Å². The van der Waals surface area contributed by atoms with Crippen LogP contribution in [-0.4, -0.2) is 54.5 Å². The summed E-state index contributed by atoms with van der Waals surface area (Å²) in [5, 5.41) is 14.3. The molecule has 162 valence electrons. The van der Waals surface area contributed by atoms with Crippen molar-refractivity contribution in [3.05, 3.63) is 59.7 Å². The molecule has 8 heteroatoms. The Hall–Kier alpha value is -3.39. The van der Waals surface area contributed by atoms with Crippen molar-refractivity contribution in [1.82, 2.24) is 10.6 Å². The molecule has 0 unspecified atom stereocenters. The molecule has 4 rings (SSSR count). The second-order valence-electron chi connectivity index (χ2n) is 7.72. The van der Waals surface area contributed by atoms with Crippen molar-refractivity contribution in [2.75, 3.05) is 13.2 Å². The molecule has 2 aliphatic rings. The zero-order chi connectivity index (χ0) is 22.0. The largest absolute Gasteiger partial charge is 0.479 e. The van der Waals surface area contributed by atoms with Crippen molar-refractivity contribution < 1.29 is 29.0 Å². The lowest BCUT2D eigenvalue weighted by molar-refractivity contribution is -0.148. The number of carbonyl (C=O) groups excluding carboxylic acids is 2. The van der Waals surface area contributed by atoms with Crippen molar-refractivity contribution in [2.24, 2.45) is 0 Å². The van der Waals surface area contributed by atoms with Gasteiger partial charge in [-0.3, -0.25) is 4.79 Å². The maximum absolute atomic E-state index is 12.4. The van der Waals surface area contributed by atoms with Crippen LogP contribution in [0.15, 0.2) is 48.5 Å². The summed E-state index contributed by atoms with van der Waals surface area (Å²) < 4.78 is 10.6. The highest BCUT2D eigenvalue weighted by molar-refractivity contribution is 5.86. The SMILES string of the molecule is C[C@H](NC(=O)OCC1c2ccccc2-c2ccccc21)C(=O)N[C@H]1CCO[C@H]1C(=O)O.